The van der Waals surface area contributed by atoms with Crippen LogP contribution < -0.4 is 15.9 Å². The fourth-order valence-corrected chi connectivity index (χ4v) is 8.24. The Morgan fingerprint density at radius 1 is 0.615 bits per heavy atom. The fourth-order valence-electron chi connectivity index (χ4n) is 3.36. The molecule has 0 aromatic heterocycles. The zero-order valence-corrected chi connectivity index (χ0v) is 17.6. The summed E-state index contributed by atoms with van der Waals surface area (Å²) >= 11 is 0. The van der Waals surface area contributed by atoms with Gasteiger partial charge >= 0.3 is 160 Å². The molecular weight excluding hydrogens is 351 g/mol. The van der Waals surface area contributed by atoms with E-state index in [9.17, 15) is 0 Å². The van der Waals surface area contributed by atoms with Crippen LogP contribution >= 0.6 is 17.3 Å². The van der Waals surface area contributed by atoms with Crippen molar-refractivity contribution in [3.63, 3.8) is 0 Å². The molecule has 0 N–H and O–H groups in total. The zero-order valence-electron chi connectivity index (χ0n) is 15.8. The Bertz CT molecular complexity index is 788. The topological polar surface area (TPSA) is 0 Å². The first-order valence-corrected chi connectivity index (χ1v) is 13.9. The van der Waals surface area contributed by atoms with Crippen molar-refractivity contribution in [3.8, 4) is 11.2 Å². The number of rotatable bonds is 4. The molecule has 0 atom stereocenters. The molecule has 0 saturated carbocycles. The van der Waals surface area contributed by atoms with Crippen molar-refractivity contribution in [1.29, 1.82) is 0 Å². The summed E-state index contributed by atoms with van der Waals surface area (Å²) in [6, 6.07) is 33.0. The van der Waals surface area contributed by atoms with E-state index in [1.807, 2.05) is 0 Å². The molecule has 3 aromatic carbocycles. The molecule has 0 amide bonds. The Kier molecular flexibility index (Phi) is 5.87. The van der Waals surface area contributed by atoms with Crippen molar-refractivity contribution in [3.05, 3.63) is 91.0 Å². The molecule has 0 spiro atoms. The maximum atomic E-state index is 3.61. The van der Waals surface area contributed by atoms with Crippen molar-refractivity contribution in [2.24, 2.45) is 0 Å². The van der Waals surface area contributed by atoms with Gasteiger partial charge in [0.15, 0.2) is 0 Å². The van der Waals surface area contributed by atoms with E-state index in [-0.39, 0.29) is 0 Å². The normalized spacial score (nSPS) is 12.7. The van der Waals surface area contributed by atoms with Crippen LogP contribution in [0.25, 0.3) is 0 Å². The summed E-state index contributed by atoms with van der Waals surface area (Å²) in [6.45, 7) is 0. The van der Waals surface area contributed by atoms with Crippen LogP contribution in [0.3, 0.4) is 0 Å². The first kappa shape index (κ1) is 18.8. The van der Waals surface area contributed by atoms with Crippen molar-refractivity contribution in [2.45, 2.75) is 0 Å². The minimum absolute atomic E-state index is 0.832. The molecule has 0 bridgehead atoms. The molecule has 26 heavy (non-hydrogen) atoms. The van der Waals surface area contributed by atoms with Crippen LogP contribution in [0.1, 0.15) is 0 Å². The van der Waals surface area contributed by atoms with Gasteiger partial charge in [0, 0.05) is 0 Å². The third kappa shape index (κ3) is 4.21. The van der Waals surface area contributed by atoms with Gasteiger partial charge in [-0.15, -0.1) is 0 Å². The maximum absolute atomic E-state index is 3.61. The average molecular weight is 379 g/mol. The summed E-state index contributed by atoms with van der Waals surface area (Å²) in [5.41, 5.74) is 0. The van der Waals surface area contributed by atoms with E-state index in [0.717, 1.165) is 6.16 Å². The van der Waals surface area contributed by atoms with Crippen LogP contribution in [0.2, 0.25) is 0 Å². The predicted octanol–water partition coefficient (Wildman–Crippen LogP) is 4.37. The molecule has 134 valence electrons. The first-order chi connectivity index (χ1) is 12.5. The molecule has 0 radical (unpaired) electrons. The van der Waals surface area contributed by atoms with Crippen LogP contribution in [0.15, 0.2) is 91.0 Å². The van der Waals surface area contributed by atoms with Gasteiger partial charge in [-0.1, -0.05) is 0 Å². The van der Waals surface area contributed by atoms with Gasteiger partial charge in [-0.2, -0.15) is 0 Å². The van der Waals surface area contributed by atoms with Gasteiger partial charge in [0.1, 0.15) is 0 Å². The second-order valence-corrected chi connectivity index (χ2v) is 15.1. The predicted molar refractivity (Wildman–Crippen MR) is 125 cm³/mol. The molecule has 0 nitrogen and oxygen atoms in total. The number of benzene rings is 3. The van der Waals surface area contributed by atoms with Gasteiger partial charge in [0.2, 0.25) is 0 Å². The van der Waals surface area contributed by atoms with Gasteiger partial charge in [0.25, 0.3) is 0 Å². The molecule has 0 unspecified atom stereocenters. The van der Waals surface area contributed by atoms with Crippen LogP contribution in [-0.2, 0) is 0 Å². The molecule has 3 rings (SSSR count). The van der Waals surface area contributed by atoms with Crippen LogP contribution in [0.4, 0.5) is 0 Å². The molecule has 0 aliphatic heterocycles. The number of hydrogen-bond donors (Lipinski definition) is 0. The van der Waals surface area contributed by atoms with Crippen LogP contribution in [0.5, 0.6) is 0 Å². The van der Waals surface area contributed by atoms with E-state index in [0.29, 0.717) is 0 Å². The SMILES string of the molecule is CS(C)(C)C#CC[PH](c1ccccc1)(c1ccccc1)c1ccccc1. The molecule has 0 fully saturated rings. The summed E-state index contributed by atoms with van der Waals surface area (Å²) in [5.74, 6) is 3.61. The van der Waals surface area contributed by atoms with E-state index >= 15 is 0 Å². The van der Waals surface area contributed by atoms with Crippen molar-refractivity contribution >= 4 is 33.2 Å². The standard InChI is InChI=1S/C24H27PS/c1-26(2,3)21-13-20-25(22-14-7-4-8-15-22,23-16-9-5-10-17-23)24-18-11-6-12-19-24/h4-12,14-19,25H,20H2,1-3H3. The minimum atomic E-state index is -2.18. The third-order valence-electron chi connectivity index (χ3n) is 4.53. The van der Waals surface area contributed by atoms with E-state index in [1.54, 1.807) is 0 Å². The molecular formula is C24H27PS. The summed E-state index contributed by atoms with van der Waals surface area (Å²) < 4.78 is 0. The Morgan fingerprint density at radius 2 is 0.962 bits per heavy atom. The quantitative estimate of drug-likeness (QED) is 0.467. The second-order valence-electron chi connectivity index (χ2n) is 7.30. The molecule has 0 heterocycles. The van der Waals surface area contributed by atoms with E-state index in [1.165, 1.54) is 15.9 Å². The van der Waals surface area contributed by atoms with Crippen LogP contribution in [-0.4, -0.2) is 24.9 Å². The Hall–Kier alpha value is -2.00. The second kappa shape index (κ2) is 8.13. The van der Waals surface area contributed by atoms with Gasteiger partial charge in [-0.05, 0) is 0 Å². The van der Waals surface area contributed by atoms with Crippen molar-refractivity contribution in [2.75, 3.05) is 24.9 Å². The Morgan fingerprint density at radius 3 is 1.27 bits per heavy atom. The Balaban J connectivity index is 2.26. The zero-order chi connectivity index (χ0) is 18.5. The third-order valence-corrected chi connectivity index (χ3v) is 9.95. The van der Waals surface area contributed by atoms with E-state index in [2.05, 4.69) is 121 Å². The van der Waals surface area contributed by atoms with Gasteiger partial charge < -0.3 is 0 Å². The van der Waals surface area contributed by atoms with Gasteiger partial charge in [-0.3, -0.25) is 0 Å². The van der Waals surface area contributed by atoms with Crippen molar-refractivity contribution < 1.29 is 0 Å². The van der Waals surface area contributed by atoms with Crippen molar-refractivity contribution in [1.82, 2.24) is 0 Å². The monoisotopic (exact) mass is 378 g/mol. The average Bonchev–Trinajstić information content (AvgIpc) is 2.67. The molecule has 0 aliphatic carbocycles. The summed E-state index contributed by atoms with van der Waals surface area (Å²) in [4.78, 5) is 0. The molecule has 0 saturated heterocycles. The molecule has 0 aliphatic rings. The van der Waals surface area contributed by atoms with E-state index in [4.69, 9.17) is 0 Å². The van der Waals surface area contributed by atoms with E-state index < -0.39 is 17.3 Å². The molecule has 3 aromatic rings. The summed E-state index contributed by atoms with van der Waals surface area (Å²) in [6.07, 6.45) is 7.69. The first-order valence-electron chi connectivity index (χ1n) is 8.87. The molecule has 2 heteroatoms. The summed E-state index contributed by atoms with van der Waals surface area (Å²) in [5, 5.41) is 7.83. The van der Waals surface area contributed by atoms with Gasteiger partial charge in [-0.25, -0.2) is 0 Å². The van der Waals surface area contributed by atoms with Gasteiger partial charge in [0.05, 0.1) is 0 Å². The Labute approximate surface area is 160 Å². The number of hydrogen-bond acceptors (Lipinski definition) is 0. The fraction of sp³-hybridized carbons (Fsp3) is 0.167. The van der Waals surface area contributed by atoms with Crippen LogP contribution in [0, 0.1) is 11.2 Å². The summed E-state index contributed by atoms with van der Waals surface area (Å²) in [7, 11) is -3.02.